The Morgan fingerprint density at radius 2 is 2.20 bits per heavy atom. The second-order valence-electron chi connectivity index (χ2n) is 4.95. The molecule has 0 amide bonds. The Labute approximate surface area is 127 Å². The molecule has 1 aliphatic heterocycles. The van der Waals surface area contributed by atoms with Gasteiger partial charge in [-0.25, -0.2) is 8.42 Å². The first-order valence-electron chi connectivity index (χ1n) is 6.42. The second-order valence-corrected chi connectivity index (χ2v) is 7.53. The van der Waals surface area contributed by atoms with Crippen molar-refractivity contribution < 1.29 is 17.6 Å². The van der Waals surface area contributed by atoms with Crippen LogP contribution < -0.4 is 5.32 Å². The Kier molecular flexibility index (Phi) is 4.91. The third kappa shape index (κ3) is 3.09. The van der Waals surface area contributed by atoms with Crippen LogP contribution in [0, 0.1) is 0 Å². The largest absolute Gasteiger partial charge is 0.452 e. The summed E-state index contributed by atoms with van der Waals surface area (Å²) in [5.41, 5.74) is 0. The van der Waals surface area contributed by atoms with E-state index in [0.717, 1.165) is 0 Å². The van der Waals surface area contributed by atoms with Crippen LogP contribution >= 0.6 is 15.9 Å². The van der Waals surface area contributed by atoms with Crippen molar-refractivity contribution in [3.63, 3.8) is 0 Å². The molecule has 2 heterocycles. The van der Waals surface area contributed by atoms with Crippen LogP contribution in [0.2, 0.25) is 0 Å². The van der Waals surface area contributed by atoms with E-state index in [4.69, 9.17) is 9.15 Å². The molecular weight excluding hydrogens is 348 g/mol. The highest BCUT2D eigenvalue weighted by Crippen LogP contribution is 2.31. The Bertz CT molecular complexity index is 572. The summed E-state index contributed by atoms with van der Waals surface area (Å²) < 4.78 is 38.1. The van der Waals surface area contributed by atoms with Crippen LogP contribution in [0.25, 0.3) is 0 Å². The van der Waals surface area contributed by atoms with E-state index in [1.807, 2.05) is 13.8 Å². The lowest BCUT2D eigenvalue weighted by Crippen LogP contribution is -2.50. The van der Waals surface area contributed by atoms with Gasteiger partial charge in [0.15, 0.2) is 4.67 Å². The quantitative estimate of drug-likeness (QED) is 0.875. The van der Waals surface area contributed by atoms with Gasteiger partial charge in [0.05, 0.1) is 19.3 Å². The Hall–Kier alpha value is -0.410. The SMILES string of the molecule is CNCc1cc(S(=O)(=O)N2CC(C)OCC2C)c(Br)o1. The van der Waals surface area contributed by atoms with E-state index in [1.165, 1.54) is 4.31 Å². The summed E-state index contributed by atoms with van der Waals surface area (Å²) >= 11 is 3.19. The molecule has 6 nitrogen and oxygen atoms in total. The van der Waals surface area contributed by atoms with E-state index in [1.54, 1.807) is 13.1 Å². The van der Waals surface area contributed by atoms with E-state index in [0.29, 0.717) is 25.5 Å². The Morgan fingerprint density at radius 3 is 2.85 bits per heavy atom. The van der Waals surface area contributed by atoms with Crippen molar-refractivity contribution in [2.24, 2.45) is 0 Å². The number of nitrogens with zero attached hydrogens (tertiary/aromatic N) is 1. The van der Waals surface area contributed by atoms with Crippen LogP contribution in [0.1, 0.15) is 19.6 Å². The van der Waals surface area contributed by atoms with Gasteiger partial charge in [-0.15, -0.1) is 0 Å². The molecule has 1 fully saturated rings. The normalized spacial score (nSPS) is 25.0. The molecule has 2 rings (SSSR count). The van der Waals surface area contributed by atoms with Gasteiger partial charge in [0.2, 0.25) is 10.0 Å². The van der Waals surface area contributed by atoms with Crippen LogP contribution in [-0.4, -0.2) is 45.1 Å². The summed E-state index contributed by atoms with van der Waals surface area (Å²) in [6.45, 7) is 4.93. The van der Waals surface area contributed by atoms with E-state index >= 15 is 0 Å². The standard InChI is InChI=1S/C12H19BrN2O4S/c1-8-7-18-9(2)6-15(8)20(16,17)11-4-10(5-14-3)19-12(11)13/h4,8-9,14H,5-7H2,1-3H3. The summed E-state index contributed by atoms with van der Waals surface area (Å²) in [7, 11) is -1.81. The average Bonchev–Trinajstić information content (AvgIpc) is 2.74. The lowest BCUT2D eigenvalue weighted by molar-refractivity contribution is -0.0170. The molecule has 1 aromatic rings. The fourth-order valence-corrected chi connectivity index (χ4v) is 4.82. The predicted octanol–water partition coefficient (Wildman–Crippen LogP) is 1.56. The number of nitrogens with one attached hydrogen (secondary N) is 1. The molecule has 2 unspecified atom stereocenters. The van der Waals surface area contributed by atoms with Crippen molar-refractivity contribution in [1.29, 1.82) is 0 Å². The van der Waals surface area contributed by atoms with Crippen molar-refractivity contribution in [2.75, 3.05) is 20.2 Å². The van der Waals surface area contributed by atoms with Gasteiger partial charge in [0.25, 0.3) is 0 Å². The molecule has 20 heavy (non-hydrogen) atoms. The molecule has 0 bridgehead atoms. The first-order chi connectivity index (χ1) is 9.36. The number of ether oxygens (including phenoxy) is 1. The highest BCUT2D eigenvalue weighted by atomic mass is 79.9. The van der Waals surface area contributed by atoms with Crippen LogP contribution in [0.15, 0.2) is 20.0 Å². The lowest BCUT2D eigenvalue weighted by atomic mass is 10.2. The maximum absolute atomic E-state index is 12.7. The molecule has 0 spiro atoms. The third-order valence-corrected chi connectivity index (χ3v) is 6.03. The maximum Gasteiger partial charge on any atom is 0.247 e. The minimum Gasteiger partial charge on any atom is -0.452 e. The maximum atomic E-state index is 12.7. The van der Waals surface area contributed by atoms with Crippen molar-refractivity contribution in [3.05, 3.63) is 16.5 Å². The van der Waals surface area contributed by atoms with Crippen LogP contribution in [-0.2, 0) is 21.3 Å². The van der Waals surface area contributed by atoms with E-state index < -0.39 is 10.0 Å². The zero-order valence-corrected chi connectivity index (χ0v) is 14.1. The fourth-order valence-electron chi connectivity index (χ4n) is 2.17. The summed E-state index contributed by atoms with van der Waals surface area (Å²) in [6.07, 6.45) is -0.108. The molecule has 0 radical (unpaired) electrons. The molecule has 2 atom stereocenters. The monoisotopic (exact) mass is 366 g/mol. The second kappa shape index (κ2) is 6.15. The molecular formula is C12H19BrN2O4S. The van der Waals surface area contributed by atoms with Crippen molar-refractivity contribution in [3.8, 4) is 0 Å². The molecule has 1 saturated heterocycles. The number of morpholine rings is 1. The molecule has 1 N–H and O–H groups in total. The highest BCUT2D eigenvalue weighted by Gasteiger charge is 2.36. The smallest absolute Gasteiger partial charge is 0.247 e. The number of hydrogen-bond donors (Lipinski definition) is 1. The van der Waals surface area contributed by atoms with Gasteiger partial charge in [-0.2, -0.15) is 4.31 Å². The predicted molar refractivity (Wildman–Crippen MR) is 77.9 cm³/mol. The Balaban J connectivity index is 2.34. The van der Waals surface area contributed by atoms with Gasteiger partial charge in [0.1, 0.15) is 10.7 Å². The summed E-state index contributed by atoms with van der Waals surface area (Å²) in [6, 6.07) is 1.37. The third-order valence-electron chi connectivity index (χ3n) is 3.19. The lowest BCUT2D eigenvalue weighted by Gasteiger charge is -2.35. The topological polar surface area (TPSA) is 71.8 Å². The number of halogens is 1. The number of hydrogen-bond acceptors (Lipinski definition) is 5. The van der Waals surface area contributed by atoms with Crippen molar-refractivity contribution in [1.82, 2.24) is 9.62 Å². The molecule has 1 aromatic heterocycles. The van der Waals surface area contributed by atoms with E-state index in [-0.39, 0.29) is 21.7 Å². The van der Waals surface area contributed by atoms with Crippen molar-refractivity contribution in [2.45, 2.75) is 37.4 Å². The molecule has 0 aliphatic carbocycles. The van der Waals surface area contributed by atoms with Crippen LogP contribution in [0.5, 0.6) is 0 Å². The number of sulfonamides is 1. The molecule has 8 heteroatoms. The summed E-state index contributed by atoms with van der Waals surface area (Å²) in [5, 5.41) is 2.93. The molecule has 0 saturated carbocycles. The Morgan fingerprint density at radius 1 is 1.50 bits per heavy atom. The number of furan rings is 1. The van der Waals surface area contributed by atoms with Gasteiger partial charge in [-0.05, 0) is 36.8 Å². The van der Waals surface area contributed by atoms with Gasteiger partial charge < -0.3 is 14.5 Å². The average molecular weight is 367 g/mol. The zero-order valence-electron chi connectivity index (χ0n) is 11.7. The van der Waals surface area contributed by atoms with Gasteiger partial charge in [-0.1, -0.05) is 0 Å². The van der Waals surface area contributed by atoms with Crippen LogP contribution in [0.4, 0.5) is 0 Å². The molecule has 0 aromatic carbocycles. The van der Waals surface area contributed by atoms with Gasteiger partial charge in [0, 0.05) is 18.7 Å². The van der Waals surface area contributed by atoms with Crippen molar-refractivity contribution >= 4 is 26.0 Å². The van der Waals surface area contributed by atoms with Crippen LogP contribution in [0.3, 0.4) is 0 Å². The number of rotatable bonds is 4. The minimum atomic E-state index is -3.59. The van der Waals surface area contributed by atoms with E-state index in [9.17, 15) is 8.42 Å². The highest BCUT2D eigenvalue weighted by molar-refractivity contribution is 9.10. The van der Waals surface area contributed by atoms with Gasteiger partial charge >= 0.3 is 0 Å². The zero-order chi connectivity index (χ0) is 14.9. The minimum absolute atomic E-state index is 0.108. The fraction of sp³-hybridized carbons (Fsp3) is 0.667. The summed E-state index contributed by atoms with van der Waals surface area (Å²) in [4.78, 5) is 0.170. The molecule has 114 valence electrons. The van der Waals surface area contributed by atoms with E-state index in [2.05, 4.69) is 21.2 Å². The summed E-state index contributed by atoms with van der Waals surface area (Å²) in [5.74, 6) is 0.576. The van der Waals surface area contributed by atoms with Gasteiger partial charge in [-0.3, -0.25) is 0 Å². The first kappa shape index (κ1) is 16.0. The molecule has 1 aliphatic rings. The first-order valence-corrected chi connectivity index (χ1v) is 8.65.